The predicted octanol–water partition coefficient (Wildman–Crippen LogP) is -0.895. The van der Waals surface area contributed by atoms with Crippen molar-refractivity contribution in [3.63, 3.8) is 0 Å². The smallest absolute Gasteiger partial charge is 0.282 e. The zero-order valence-electron chi connectivity index (χ0n) is 10.3. The molecule has 2 fully saturated rings. The van der Waals surface area contributed by atoms with E-state index in [9.17, 15) is 8.42 Å². The van der Waals surface area contributed by atoms with Gasteiger partial charge in [0.1, 0.15) is 0 Å². The molecule has 100 valence electrons. The normalized spacial score (nSPS) is 28.6. The molecule has 0 bridgehead atoms. The van der Waals surface area contributed by atoms with Crippen molar-refractivity contribution < 1.29 is 13.2 Å². The van der Waals surface area contributed by atoms with Gasteiger partial charge in [-0.15, -0.1) is 0 Å². The minimum absolute atomic E-state index is 0.441. The van der Waals surface area contributed by atoms with Crippen LogP contribution in [0.1, 0.15) is 6.42 Å². The molecule has 0 aromatic carbocycles. The number of hydrogen-bond acceptors (Lipinski definition) is 4. The Morgan fingerprint density at radius 2 is 1.94 bits per heavy atom. The number of nitrogens with one attached hydrogen (secondary N) is 1. The summed E-state index contributed by atoms with van der Waals surface area (Å²) in [4.78, 5) is 0. The van der Waals surface area contributed by atoms with E-state index in [2.05, 4.69) is 5.32 Å². The number of nitrogens with zero attached hydrogens (tertiary/aromatic N) is 2. The third kappa shape index (κ3) is 2.97. The first kappa shape index (κ1) is 13.2. The highest BCUT2D eigenvalue weighted by Gasteiger charge is 2.35. The molecule has 1 unspecified atom stereocenters. The summed E-state index contributed by atoms with van der Waals surface area (Å²) in [5.74, 6) is 0.441. The highest BCUT2D eigenvalue weighted by Crippen LogP contribution is 2.21. The number of hydrogen-bond donors (Lipinski definition) is 1. The van der Waals surface area contributed by atoms with E-state index in [1.807, 2.05) is 7.05 Å². The zero-order valence-corrected chi connectivity index (χ0v) is 11.1. The van der Waals surface area contributed by atoms with Crippen LogP contribution >= 0.6 is 0 Å². The van der Waals surface area contributed by atoms with Crippen molar-refractivity contribution in [3.05, 3.63) is 0 Å². The summed E-state index contributed by atoms with van der Waals surface area (Å²) in [5.41, 5.74) is 0. The van der Waals surface area contributed by atoms with Crippen LogP contribution in [0.25, 0.3) is 0 Å². The van der Waals surface area contributed by atoms with Crippen molar-refractivity contribution in [2.75, 3.05) is 53.0 Å². The van der Waals surface area contributed by atoms with Gasteiger partial charge in [-0.25, -0.2) is 0 Å². The molecule has 0 spiro atoms. The molecule has 2 aliphatic rings. The van der Waals surface area contributed by atoms with Crippen LogP contribution in [-0.4, -0.2) is 70.0 Å². The highest BCUT2D eigenvalue weighted by atomic mass is 32.2. The second-order valence-electron chi connectivity index (χ2n) is 4.59. The molecule has 2 saturated heterocycles. The van der Waals surface area contributed by atoms with Gasteiger partial charge in [-0.1, -0.05) is 0 Å². The number of rotatable bonds is 4. The quantitative estimate of drug-likeness (QED) is 0.714. The Bertz CT molecular complexity index is 341. The van der Waals surface area contributed by atoms with Gasteiger partial charge in [0.25, 0.3) is 10.2 Å². The van der Waals surface area contributed by atoms with Gasteiger partial charge in [-0.3, -0.25) is 0 Å². The summed E-state index contributed by atoms with van der Waals surface area (Å²) < 4.78 is 33.0. The van der Waals surface area contributed by atoms with Crippen molar-refractivity contribution in [2.45, 2.75) is 6.42 Å². The fraction of sp³-hybridized carbons (Fsp3) is 1.00. The fourth-order valence-corrected chi connectivity index (χ4v) is 4.08. The summed E-state index contributed by atoms with van der Waals surface area (Å²) >= 11 is 0. The molecule has 0 amide bonds. The lowest BCUT2D eigenvalue weighted by Gasteiger charge is -2.30. The van der Waals surface area contributed by atoms with Crippen molar-refractivity contribution in [1.29, 1.82) is 0 Å². The third-order valence-corrected chi connectivity index (χ3v) is 5.37. The van der Waals surface area contributed by atoms with E-state index in [-0.39, 0.29) is 0 Å². The van der Waals surface area contributed by atoms with Crippen molar-refractivity contribution in [1.82, 2.24) is 13.9 Å². The molecular formula is C10H21N3O3S. The third-order valence-electron chi connectivity index (χ3n) is 3.36. The van der Waals surface area contributed by atoms with Crippen LogP contribution in [0.4, 0.5) is 0 Å². The summed E-state index contributed by atoms with van der Waals surface area (Å²) in [6, 6.07) is 0. The Kier molecular flexibility index (Phi) is 4.37. The van der Waals surface area contributed by atoms with E-state index in [1.165, 1.54) is 4.31 Å². The average Bonchev–Trinajstić information content (AvgIpc) is 2.80. The molecule has 1 N–H and O–H groups in total. The van der Waals surface area contributed by atoms with Gasteiger partial charge in [-0.05, 0) is 25.9 Å². The second kappa shape index (κ2) is 5.62. The number of ether oxygens (including phenoxy) is 1. The molecule has 1 atom stereocenters. The molecular weight excluding hydrogens is 242 g/mol. The minimum Gasteiger partial charge on any atom is -0.379 e. The van der Waals surface area contributed by atoms with Crippen LogP contribution in [0.3, 0.4) is 0 Å². The summed E-state index contributed by atoms with van der Waals surface area (Å²) in [5, 5.41) is 3.11. The fourth-order valence-electron chi connectivity index (χ4n) is 2.40. The van der Waals surface area contributed by atoms with Crippen LogP contribution in [0.15, 0.2) is 0 Å². The molecule has 0 aromatic heterocycles. The Morgan fingerprint density at radius 3 is 2.59 bits per heavy atom. The van der Waals surface area contributed by atoms with Gasteiger partial charge in [0.2, 0.25) is 0 Å². The van der Waals surface area contributed by atoms with Crippen LogP contribution in [0.2, 0.25) is 0 Å². The van der Waals surface area contributed by atoms with E-state index >= 15 is 0 Å². The monoisotopic (exact) mass is 263 g/mol. The first-order valence-electron chi connectivity index (χ1n) is 6.12. The molecule has 0 saturated carbocycles. The molecule has 0 aromatic rings. The van der Waals surface area contributed by atoms with E-state index in [0.717, 1.165) is 13.0 Å². The maximum atomic E-state index is 12.3. The maximum Gasteiger partial charge on any atom is 0.282 e. The van der Waals surface area contributed by atoms with Crippen molar-refractivity contribution in [2.24, 2.45) is 5.92 Å². The average molecular weight is 263 g/mol. The molecule has 17 heavy (non-hydrogen) atoms. The summed E-state index contributed by atoms with van der Waals surface area (Å²) in [7, 11) is -1.35. The van der Waals surface area contributed by atoms with Gasteiger partial charge in [0, 0.05) is 26.2 Å². The van der Waals surface area contributed by atoms with Crippen molar-refractivity contribution in [3.8, 4) is 0 Å². The lowest BCUT2D eigenvalue weighted by Crippen LogP contribution is -2.48. The SMILES string of the molecule is CNCC1CCN(S(=O)(=O)N2CCOCC2)C1. The Morgan fingerprint density at radius 1 is 1.24 bits per heavy atom. The minimum atomic E-state index is -3.25. The van der Waals surface area contributed by atoms with E-state index in [1.54, 1.807) is 4.31 Å². The Hall–Kier alpha value is -0.210. The molecule has 2 aliphatic heterocycles. The highest BCUT2D eigenvalue weighted by molar-refractivity contribution is 7.86. The van der Waals surface area contributed by atoms with E-state index in [0.29, 0.717) is 45.3 Å². The second-order valence-corrected chi connectivity index (χ2v) is 6.52. The Balaban J connectivity index is 1.96. The van der Waals surface area contributed by atoms with Gasteiger partial charge in [-0.2, -0.15) is 17.0 Å². The molecule has 2 rings (SSSR count). The lowest BCUT2D eigenvalue weighted by molar-refractivity contribution is 0.0705. The molecule has 0 aliphatic carbocycles. The van der Waals surface area contributed by atoms with Gasteiger partial charge in [0.15, 0.2) is 0 Å². The first-order chi connectivity index (χ1) is 8.14. The van der Waals surface area contributed by atoms with Crippen LogP contribution in [-0.2, 0) is 14.9 Å². The summed E-state index contributed by atoms with van der Waals surface area (Å²) in [6.45, 7) is 4.15. The largest absolute Gasteiger partial charge is 0.379 e. The maximum absolute atomic E-state index is 12.3. The standard InChI is InChI=1S/C10H21N3O3S/c1-11-8-10-2-3-13(9-10)17(14,15)12-4-6-16-7-5-12/h10-11H,2-9H2,1H3. The van der Waals surface area contributed by atoms with Gasteiger partial charge < -0.3 is 10.1 Å². The van der Waals surface area contributed by atoms with Crippen LogP contribution in [0.5, 0.6) is 0 Å². The molecule has 2 heterocycles. The van der Waals surface area contributed by atoms with Crippen LogP contribution < -0.4 is 5.32 Å². The van der Waals surface area contributed by atoms with Crippen LogP contribution in [0, 0.1) is 5.92 Å². The van der Waals surface area contributed by atoms with Gasteiger partial charge in [0.05, 0.1) is 13.2 Å². The Labute approximate surface area is 103 Å². The zero-order chi connectivity index (χ0) is 12.3. The van der Waals surface area contributed by atoms with E-state index in [4.69, 9.17) is 4.74 Å². The first-order valence-corrected chi connectivity index (χ1v) is 7.52. The predicted molar refractivity (Wildman–Crippen MR) is 64.9 cm³/mol. The van der Waals surface area contributed by atoms with E-state index < -0.39 is 10.2 Å². The molecule has 7 heteroatoms. The molecule has 0 radical (unpaired) electrons. The number of morpholine rings is 1. The summed E-state index contributed by atoms with van der Waals surface area (Å²) in [6.07, 6.45) is 0.949. The lowest BCUT2D eigenvalue weighted by atomic mass is 10.1. The molecule has 6 nitrogen and oxygen atoms in total. The topological polar surface area (TPSA) is 61.9 Å². The van der Waals surface area contributed by atoms with Crippen molar-refractivity contribution >= 4 is 10.2 Å². The van der Waals surface area contributed by atoms with Gasteiger partial charge >= 0.3 is 0 Å².